The van der Waals surface area contributed by atoms with Crippen LogP contribution in [0.15, 0.2) is 49.9 Å². The van der Waals surface area contributed by atoms with Gasteiger partial charge in [-0.3, -0.25) is 4.79 Å². The Hall–Kier alpha value is -2.76. The Balaban J connectivity index is 1.49. The molecule has 3 aromatic rings. The van der Waals surface area contributed by atoms with E-state index in [4.69, 9.17) is 20.4 Å². The normalized spacial score (nSPS) is 14.2. The van der Waals surface area contributed by atoms with Crippen molar-refractivity contribution < 1.29 is 13.6 Å². The minimum atomic E-state index is -0.119. The smallest absolute Gasteiger partial charge is 0.266 e. The molecule has 0 atom stereocenters. The molecule has 1 aliphatic heterocycles. The van der Waals surface area contributed by atoms with Gasteiger partial charge in [0.15, 0.2) is 5.76 Å². The molecule has 0 N–H and O–H groups in total. The second-order valence-electron chi connectivity index (χ2n) is 6.17. The molecule has 1 amide bonds. The van der Waals surface area contributed by atoms with Gasteiger partial charge in [-0.25, -0.2) is 0 Å². The minimum absolute atomic E-state index is 0.119. The van der Waals surface area contributed by atoms with E-state index in [-0.39, 0.29) is 17.5 Å². The largest absolute Gasteiger partial charge is 0.459 e. The van der Waals surface area contributed by atoms with Crippen LogP contribution in [0.5, 0.6) is 0 Å². The number of halogens is 2. The first kappa shape index (κ1) is 18.6. The van der Waals surface area contributed by atoms with E-state index in [0.717, 1.165) is 4.47 Å². The lowest BCUT2D eigenvalue weighted by atomic mass is 10.2. The molecule has 0 bridgehead atoms. The van der Waals surface area contributed by atoms with Crippen molar-refractivity contribution in [2.75, 3.05) is 31.1 Å². The lowest BCUT2D eigenvalue weighted by Gasteiger charge is -2.34. The third-order valence-corrected chi connectivity index (χ3v) is 5.27. The van der Waals surface area contributed by atoms with E-state index < -0.39 is 0 Å². The number of hydrogen-bond donors (Lipinski definition) is 0. The molecule has 0 unspecified atom stereocenters. The Morgan fingerprint density at radius 3 is 2.68 bits per heavy atom. The van der Waals surface area contributed by atoms with Crippen LogP contribution in [0.2, 0.25) is 5.02 Å². The number of benzene rings is 1. The van der Waals surface area contributed by atoms with Crippen molar-refractivity contribution >= 4 is 39.3 Å². The maximum Gasteiger partial charge on any atom is 0.266 e. The van der Waals surface area contributed by atoms with Crippen molar-refractivity contribution in [2.24, 2.45) is 0 Å². The van der Waals surface area contributed by atoms with Gasteiger partial charge in [-0.2, -0.15) is 10.2 Å². The number of rotatable bonds is 3. The first-order valence-electron chi connectivity index (χ1n) is 8.51. The van der Waals surface area contributed by atoms with Gasteiger partial charge in [-0.1, -0.05) is 27.5 Å². The number of nitrogens with zero attached hydrogens (tertiary/aromatic N) is 4. The van der Waals surface area contributed by atoms with Gasteiger partial charge < -0.3 is 18.6 Å². The van der Waals surface area contributed by atoms with Crippen molar-refractivity contribution in [1.82, 2.24) is 9.88 Å². The van der Waals surface area contributed by atoms with Gasteiger partial charge in [-0.15, -0.1) is 0 Å². The molecule has 7 nitrogen and oxygen atoms in total. The molecule has 28 heavy (non-hydrogen) atoms. The van der Waals surface area contributed by atoms with Crippen LogP contribution in [0.25, 0.3) is 11.7 Å². The van der Waals surface area contributed by atoms with Gasteiger partial charge >= 0.3 is 0 Å². The Bertz CT molecular complexity index is 1050. The Labute approximate surface area is 174 Å². The van der Waals surface area contributed by atoms with Crippen LogP contribution in [0.1, 0.15) is 16.1 Å². The van der Waals surface area contributed by atoms with Crippen LogP contribution in [0.3, 0.4) is 0 Å². The van der Waals surface area contributed by atoms with Gasteiger partial charge in [0.05, 0.1) is 16.8 Å². The van der Waals surface area contributed by atoms with Crippen LogP contribution in [0.4, 0.5) is 5.88 Å². The van der Waals surface area contributed by atoms with E-state index in [9.17, 15) is 10.1 Å². The summed E-state index contributed by atoms with van der Waals surface area (Å²) in [5, 5.41) is 9.80. The molecular formula is C19H14BrClN4O3. The second-order valence-corrected chi connectivity index (χ2v) is 7.49. The average molecular weight is 462 g/mol. The fourth-order valence-corrected chi connectivity index (χ4v) is 3.81. The quantitative estimate of drug-likeness (QED) is 0.581. The molecule has 4 rings (SSSR count). The fraction of sp³-hybridized carbons (Fsp3) is 0.211. The molecule has 142 valence electrons. The number of oxazole rings is 1. The van der Waals surface area contributed by atoms with Gasteiger partial charge in [0.2, 0.25) is 11.6 Å². The van der Waals surface area contributed by atoms with E-state index in [1.165, 1.54) is 6.26 Å². The van der Waals surface area contributed by atoms with E-state index >= 15 is 0 Å². The van der Waals surface area contributed by atoms with Crippen LogP contribution < -0.4 is 4.90 Å². The van der Waals surface area contributed by atoms with E-state index in [1.54, 1.807) is 35.2 Å². The number of amides is 1. The highest BCUT2D eigenvalue weighted by Gasteiger charge is 2.28. The van der Waals surface area contributed by atoms with Crippen LogP contribution >= 0.6 is 27.5 Å². The number of nitriles is 1. The number of hydrogen-bond acceptors (Lipinski definition) is 6. The number of carbonyl (C=O) groups is 1. The SMILES string of the molecule is N#Cc1nc(-c2ccco2)oc1N1CCN(C(=O)c2ccc(Br)cc2Cl)CC1. The van der Waals surface area contributed by atoms with Gasteiger partial charge in [0.25, 0.3) is 11.8 Å². The molecule has 0 aliphatic carbocycles. The minimum Gasteiger partial charge on any atom is -0.459 e. The Kier molecular flexibility index (Phi) is 5.11. The number of aromatic nitrogens is 1. The van der Waals surface area contributed by atoms with E-state index in [1.807, 2.05) is 4.90 Å². The summed E-state index contributed by atoms with van der Waals surface area (Å²) in [4.78, 5) is 20.6. The molecule has 9 heteroatoms. The number of furan rings is 1. The highest BCUT2D eigenvalue weighted by molar-refractivity contribution is 9.10. The summed E-state index contributed by atoms with van der Waals surface area (Å²) >= 11 is 9.54. The molecule has 0 saturated carbocycles. The predicted octanol–water partition coefficient (Wildman–Crippen LogP) is 4.18. The molecule has 1 fully saturated rings. The van der Waals surface area contributed by atoms with Gasteiger partial charge in [0.1, 0.15) is 6.07 Å². The third kappa shape index (κ3) is 3.51. The first-order chi connectivity index (χ1) is 13.6. The van der Waals surface area contributed by atoms with Gasteiger partial charge in [0, 0.05) is 30.7 Å². The van der Waals surface area contributed by atoms with E-state index in [2.05, 4.69) is 27.0 Å². The molecule has 1 aliphatic rings. The molecule has 0 radical (unpaired) electrons. The van der Waals surface area contributed by atoms with Crippen LogP contribution in [0, 0.1) is 11.3 Å². The summed E-state index contributed by atoms with van der Waals surface area (Å²) in [7, 11) is 0. The maximum absolute atomic E-state index is 12.8. The standard InChI is InChI=1S/C19H14BrClN4O3/c20-12-3-4-13(14(21)10-12)18(26)24-5-7-25(8-6-24)19-15(11-22)23-17(28-19)16-2-1-9-27-16/h1-4,9-10H,5-8H2. The molecule has 3 heterocycles. The lowest BCUT2D eigenvalue weighted by molar-refractivity contribution is 0.0745. The second kappa shape index (κ2) is 7.70. The van der Waals surface area contributed by atoms with Crippen molar-refractivity contribution in [3.8, 4) is 17.7 Å². The average Bonchev–Trinajstić information content (AvgIpc) is 3.37. The lowest BCUT2D eigenvalue weighted by Crippen LogP contribution is -2.49. The van der Waals surface area contributed by atoms with Crippen molar-refractivity contribution in [3.05, 3.63) is 57.3 Å². The monoisotopic (exact) mass is 460 g/mol. The zero-order valence-corrected chi connectivity index (χ0v) is 16.9. The molecular weight excluding hydrogens is 448 g/mol. The van der Waals surface area contributed by atoms with E-state index in [0.29, 0.717) is 48.4 Å². The molecule has 1 aromatic carbocycles. The summed E-state index contributed by atoms with van der Waals surface area (Å²) in [6.07, 6.45) is 1.52. The third-order valence-electron chi connectivity index (χ3n) is 4.46. The zero-order valence-electron chi connectivity index (χ0n) is 14.6. The zero-order chi connectivity index (χ0) is 19.7. The highest BCUT2D eigenvalue weighted by atomic mass is 79.9. The topological polar surface area (TPSA) is 86.5 Å². The Morgan fingerprint density at radius 2 is 2.04 bits per heavy atom. The van der Waals surface area contributed by atoms with Crippen molar-refractivity contribution in [3.63, 3.8) is 0 Å². The molecule has 2 aromatic heterocycles. The van der Waals surface area contributed by atoms with Crippen molar-refractivity contribution in [2.45, 2.75) is 0 Å². The summed E-state index contributed by atoms with van der Waals surface area (Å²) in [6, 6.07) is 10.7. The summed E-state index contributed by atoms with van der Waals surface area (Å²) in [5.74, 6) is 0.993. The molecule has 1 saturated heterocycles. The molecule has 0 spiro atoms. The summed E-state index contributed by atoms with van der Waals surface area (Å²) in [5.41, 5.74) is 0.665. The first-order valence-corrected chi connectivity index (χ1v) is 9.68. The Morgan fingerprint density at radius 1 is 1.25 bits per heavy atom. The van der Waals surface area contributed by atoms with Crippen molar-refractivity contribution in [1.29, 1.82) is 5.26 Å². The summed E-state index contributed by atoms with van der Waals surface area (Å²) < 4.78 is 11.9. The highest BCUT2D eigenvalue weighted by Crippen LogP contribution is 2.29. The summed E-state index contributed by atoms with van der Waals surface area (Å²) in [6.45, 7) is 1.99. The number of carbonyl (C=O) groups excluding carboxylic acids is 1. The predicted molar refractivity (Wildman–Crippen MR) is 106 cm³/mol. The number of piperazine rings is 1. The van der Waals surface area contributed by atoms with Crippen LogP contribution in [-0.2, 0) is 0 Å². The number of anilines is 1. The van der Waals surface area contributed by atoms with Gasteiger partial charge in [-0.05, 0) is 30.3 Å². The van der Waals surface area contributed by atoms with Crippen LogP contribution in [-0.4, -0.2) is 42.0 Å². The fourth-order valence-electron chi connectivity index (χ4n) is 3.05. The maximum atomic E-state index is 12.8.